The summed E-state index contributed by atoms with van der Waals surface area (Å²) in [6.07, 6.45) is 1.44. The number of non-ortho nitro benzene ring substituents is 1. The van der Waals surface area contributed by atoms with Gasteiger partial charge in [-0.25, -0.2) is 0 Å². The summed E-state index contributed by atoms with van der Waals surface area (Å²) in [5.41, 5.74) is 1.10. The maximum absolute atomic E-state index is 12.5. The van der Waals surface area contributed by atoms with Crippen LogP contribution in [-0.4, -0.2) is 35.7 Å². The standard InChI is InChI=1S/C22H19N3O5/c1-24(2)22(27)19(23-21(26)16-6-4-3-5-7-16)14-18-12-13-20(30-18)15-8-10-17(11-9-15)25(28)29/h3-14H,1-2H3,(H,23,26)/b19-14+. The minimum absolute atomic E-state index is 0.0204. The summed E-state index contributed by atoms with van der Waals surface area (Å²) in [5.74, 6) is 0.0101. The fourth-order valence-electron chi connectivity index (χ4n) is 2.65. The van der Waals surface area contributed by atoms with Gasteiger partial charge in [-0.3, -0.25) is 19.7 Å². The van der Waals surface area contributed by atoms with Crippen LogP contribution >= 0.6 is 0 Å². The Morgan fingerprint density at radius 2 is 1.67 bits per heavy atom. The topological polar surface area (TPSA) is 106 Å². The molecule has 0 radical (unpaired) electrons. The Morgan fingerprint density at radius 3 is 2.27 bits per heavy atom. The molecule has 8 heteroatoms. The summed E-state index contributed by atoms with van der Waals surface area (Å²) < 4.78 is 5.75. The molecule has 0 atom stereocenters. The SMILES string of the molecule is CN(C)C(=O)/C(=C\c1ccc(-c2ccc([N+](=O)[O-])cc2)o1)NC(=O)c1ccccc1. The second-order valence-corrected chi connectivity index (χ2v) is 6.58. The molecule has 0 aliphatic carbocycles. The van der Waals surface area contributed by atoms with Gasteiger partial charge in [0.2, 0.25) is 0 Å². The van der Waals surface area contributed by atoms with Crippen molar-refractivity contribution in [3.05, 3.63) is 93.9 Å². The van der Waals surface area contributed by atoms with Gasteiger partial charge >= 0.3 is 0 Å². The van der Waals surface area contributed by atoms with Crippen LogP contribution in [0.4, 0.5) is 5.69 Å². The van der Waals surface area contributed by atoms with Crippen molar-refractivity contribution in [3.8, 4) is 11.3 Å². The Kier molecular flexibility index (Phi) is 6.07. The highest BCUT2D eigenvalue weighted by atomic mass is 16.6. The van der Waals surface area contributed by atoms with E-state index in [1.54, 1.807) is 68.7 Å². The number of nitrogens with one attached hydrogen (secondary N) is 1. The first kappa shape index (κ1) is 20.5. The normalized spacial score (nSPS) is 11.1. The van der Waals surface area contributed by atoms with Crippen molar-refractivity contribution in [2.75, 3.05) is 14.1 Å². The molecule has 2 aromatic carbocycles. The molecule has 0 unspecified atom stereocenters. The third-order valence-corrected chi connectivity index (χ3v) is 4.20. The van der Waals surface area contributed by atoms with E-state index in [0.717, 1.165) is 0 Å². The van der Waals surface area contributed by atoms with E-state index in [2.05, 4.69) is 5.32 Å². The minimum Gasteiger partial charge on any atom is -0.457 e. The van der Waals surface area contributed by atoms with Crippen LogP contribution in [-0.2, 0) is 4.79 Å². The van der Waals surface area contributed by atoms with E-state index in [0.29, 0.717) is 22.6 Å². The van der Waals surface area contributed by atoms with Crippen molar-refractivity contribution >= 4 is 23.6 Å². The molecule has 1 N–H and O–H groups in total. The molecule has 3 rings (SSSR count). The van der Waals surface area contributed by atoms with Crippen molar-refractivity contribution in [3.63, 3.8) is 0 Å². The molecule has 3 aromatic rings. The van der Waals surface area contributed by atoms with E-state index < -0.39 is 16.7 Å². The molecule has 1 aromatic heterocycles. The third kappa shape index (κ3) is 4.79. The number of amides is 2. The zero-order valence-corrected chi connectivity index (χ0v) is 16.4. The fourth-order valence-corrected chi connectivity index (χ4v) is 2.65. The van der Waals surface area contributed by atoms with Gasteiger partial charge in [-0.15, -0.1) is 0 Å². The van der Waals surface area contributed by atoms with Gasteiger partial charge in [0, 0.05) is 43.4 Å². The molecule has 0 saturated carbocycles. The summed E-state index contributed by atoms with van der Waals surface area (Å²) in [7, 11) is 3.16. The quantitative estimate of drug-likeness (QED) is 0.382. The molecule has 0 aliphatic heterocycles. The molecule has 8 nitrogen and oxygen atoms in total. The van der Waals surface area contributed by atoms with Crippen LogP contribution in [0.15, 0.2) is 76.8 Å². The maximum atomic E-state index is 12.5. The van der Waals surface area contributed by atoms with Gasteiger partial charge in [0.1, 0.15) is 17.2 Å². The lowest BCUT2D eigenvalue weighted by atomic mass is 10.1. The number of nitro groups is 1. The number of likely N-dealkylation sites (N-methyl/N-ethyl adjacent to an activating group) is 1. The van der Waals surface area contributed by atoms with Crippen LogP contribution in [0.3, 0.4) is 0 Å². The molecule has 0 bridgehead atoms. The summed E-state index contributed by atoms with van der Waals surface area (Å²) in [4.78, 5) is 36.7. The number of nitrogens with zero attached hydrogens (tertiary/aromatic N) is 2. The lowest BCUT2D eigenvalue weighted by Crippen LogP contribution is -2.34. The smallest absolute Gasteiger partial charge is 0.269 e. The Morgan fingerprint density at radius 1 is 1.00 bits per heavy atom. The predicted octanol–water partition coefficient (Wildman–Crippen LogP) is 3.71. The Hall–Kier alpha value is -4.20. The van der Waals surface area contributed by atoms with Gasteiger partial charge in [0.05, 0.1) is 4.92 Å². The molecule has 0 aliphatic rings. The van der Waals surface area contributed by atoms with E-state index in [1.165, 1.54) is 23.1 Å². The number of rotatable bonds is 6. The summed E-state index contributed by atoms with van der Waals surface area (Å²) in [5, 5.41) is 13.4. The largest absolute Gasteiger partial charge is 0.457 e. The number of hydrogen-bond donors (Lipinski definition) is 1. The van der Waals surface area contributed by atoms with Gasteiger partial charge < -0.3 is 14.6 Å². The number of benzene rings is 2. The Labute approximate surface area is 172 Å². The van der Waals surface area contributed by atoms with Crippen molar-refractivity contribution < 1.29 is 18.9 Å². The number of carbonyl (C=O) groups excluding carboxylic acids is 2. The molecule has 0 fully saturated rings. The summed E-state index contributed by atoms with van der Waals surface area (Å²) in [6, 6.07) is 17.8. The first-order valence-corrected chi connectivity index (χ1v) is 8.99. The van der Waals surface area contributed by atoms with Crippen LogP contribution in [0.1, 0.15) is 16.1 Å². The molecular formula is C22H19N3O5. The Bertz CT molecular complexity index is 1100. The van der Waals surface area contributed by atoms with Gasteiger partial charge in [0.25, 0.3) is 17.5 Å². The van der Waals surface area contributed by atoms with E-state index in [4.69, 9.17) is 4.42 Å². The second-order valence-electron chi connectivity index (χ2n) is 6.58. The van der Waals surface area contributed by atoms with Gasteiger partial charge in [-0.2, -0.15) is 0 Å². The van der Waals surface area contributed by atoms with Crippen LogP contribution in [0.5, 0.6) is 0 Å². The second kappa shape index (κ2) is 8.87. The number of furan rings is 1. The summed E-state index contributed by atoms with van der Waals surface area (Å²) in [6.45, 7) is 0. The molecule has 2 amide bonds. The third-order valence-electron chi connectivity index (χ3n) is 4.20. The molecule has 0 spiro atoms. The van der Waals surface area contributed by atoms with Gasteiger partial charge in [-0.1, -0.05) is 18.2 Å². The van der Waals surface area contributed by atoms with Gasteiger partial charge in [-0.05, 0) is 36.4 Å². The van der Waals surface area contributed by atoms with E-state index in [-0.39, 0.29) is 11.4 Å². The first-order chi connectivity index (χ1) is 14.3. The lowest BCUT2D eigenvalue weighted by molar-refractivity contribution is -0.384. The van der Waals surface area contributed by atoms with E-state index >= 15 is 0 Å². The van der Waals surface area contributed by atoms with Crippen molar-refractivity contribution in [1.29, 1.82) is 0 Å². The van der Waals surface area contributed by atoms with E-state index in [1.807, 2.05) is 0 Å². The molecule has 0 saturated heterocycles. The molecule has 152 valence electrons. The molecular weight excluding hydrogens is 386 g/mol. The van der Waals surface area contributed by atoms with Crippen molar-refractivity contribution in [2.24, 2.45) is 0 Å². The molecule has 30 heavy (non-hydrogen) atoms. The van der Waals surface area contributed by atoms with Crippen LogP contribution < -0.4 is 5.32 Å². The minimum atomic E-state index is -0.478. The first-order valence-electron chi connectivity index (χ1n) is 8.99. The highest BCUT2D eigenvalue weighted by molar-refractivity contribution is 6.05. The number of carbonyl (C=O) groups is 2. The predicted molar refractivity (Wildman–Crippen MR) is 111 cm³/mol. The van der Waals surface area contributed by atoms with Crippen molar-refractivity contribution in [2.45, 2.75) is 0 Å². The average molecular weight is 405 g/mol. The zero-order chi connectivity index (χ0) is 21.7. The lowest BCUT2D eigenvalue weighted by Gasteiger charge is -2.14. The van der Waals surface area contributed by atoms with Crippen molar-refractivity contribution in [1.82, 2.24) is 10.2 Å². The van der Waals surface area contributed by atoms with E-state index in [9.17, 15) is 19.7 Å². The van der Waals surface area contributed by atoms with Gasteiger partial charge in [0.15, 0.2) is 0 Å². The highest BCUT2D eigenvalue weighted by Crippen LogP contribution is 2.25. The Balaban J connectivity index is 1.87. The van der Waals surface area contributed by atoms with Crippen LogP contribution in [0, 0.1) is 10.1 Å². The summed E-state index contributed by atoms with van der Waals surface area (Å²) >= 11 is 0. The fraction of sp³-hybridized carbons (Fsp3) is 0.0909. The van der Waals surface area contributed by atoms with Crippen LogP contribution in [0.25, 0.3) is 17.4 Å². The molecule has 1 heterocycles. The maximum Gasteiger partial charge on any atom is 0.269 e. The number of hydrogen-bond acceptors (Lipinski definition) is 5. The average Bonchev–Trinajstić information content (AvgIpc) is 3.21. The zero-order valence-electron chi connectivity index (χ0n) is 16.4. The highest BCUT2D eigenvalue weighted by Gasteiger charge is 2.17. The van der Waals surface area contributed by atoms with Crippen LogP contribution in [0.2, 0.25) is 0 Å². The monoisotopic (exact) mass is 405 g/mol. The number of nitro benzene ring substituents is 1.